The number of aromatic carboxylic acids is 1. The molecule has 0 radical (unpaired) electrons. The molecule has 0 unspecified atom stereocenters. The van der Waals surface area contributed by atoms with Crippen LogP contribution < -0.4 is 11.2 Å². The lowest BCUT2D eigenvalue weighted by Crippen LogP contribution is -2.37. The number of aromatic nitrogens is 2. The molecule has 88 valence electrons. The average Bonchev–Trinajstić information content (AvgIpc) is 2.07. The second kappa shape index (κ2) is 3.83. The maximum Gasteiger partial charge on any atom is 0.406 e. The normalized spacial score (nSPS) is 11.4. The minimum Gasteiger partial charge on any atom is -0.477 e. The van der Waals surface area contributed by atoms with Crippen molar-refractivity contribution in [1.29, 1.82) is 0 Å². The summed E-state index contributed by atoms with van der Waals surface area (Å²) in [5.41, 5.74) is -3.49. The molecule has 0 spiro atoms. The van der Waals surface area contributed by atoms with Crippen LogP contribution in [0, 0.1) is 0 Å². The highest BCUT2D eigenvalue weighted by Gasteiger charge is 2.30. The molecule has 0 aliphatic heterocycles. The van der Waals surface area contributed by atoms with Gasteiger partial charge in [-0.05, 0) is 0 Å². The summed E-state index contributed by atoms with van der Waals surface area (Å²) in [6.45, 7) is -1.77. The largest absolute Gasteiger partial charge is 0.477 e. The molecular formula is C7H5F3N2O4. The molecule has 0 atom stereocenters. The van der Waals surface area contributed by atoms with Crippen LogP contribution in [-0.4, -0.2) is 26.8 Å². The van der Waals surface area contributed by atoms with E-state index in [1.165, 1.54) is 0 Å². The molecule has 16 heavy (non-hydrogen) atoms. The van der Waals surface area contributed by atoms with Crippen molar-refractivity contribution < 1.29 is 23.1 Å². The molecule has 0 aromatic carbocycles. The van der Waals surface area contributed by atoms with Gasteiger partial charge in [-0.15, -0.1) is 0 Å². The van der Waals surface area contributed by atoms with Crippen molar-refractivity contribution in [2.75, 3.05) is 0 Å². The lowest BCUT2D eigenvalue weighted by molar-refractivity contribution is -0.141. The van der Waals surface area contributed by atoms with Crippen molar-refractivity contribution in [3.63, 3.8) is 0 Å². The van der Waals surface area contributed by atoms with E-state index in [4.69, 9.17) is 5.11 Å². The van der Waals surface area contributed by atoms with Crippen molar-refractivity contribution in [3.05, 3.63) is 32.6 Å². The summed E-state index contributed by atoms with van der Waals surface area (Å²) < 4.78 is 36.0. The predicted molar refractivity (Wildman–Crippen MR) is 44.3 cm³/mol. The number of carbonyl (C=O) groups is 1. The van der Waals surface area contributed by atoms with Crippen molar-refractivity contribution >= 4 is 5.97 Å². The van der Waals surface area contributed by atoms with E-state index in [-0.39, 0.29) is 4.57 Å². The van der Waals surface area contributed by atoms with Crippen LogP contribution in [0.15, 0.2) is 15.7 Å². The maximum absolute atomic E-state index is 12.0. The van der Waals surface area contributed by atoms with E-state index >= 15 is 0 Å². The second-order valence-corrected chi connectivity index (χ2v) is 2.83. The molecule has 0 aliphatic rings. The Morgan fingerprint density at radius 1 is 1.44 bits per heavy atom. The highest BCUT2D eigenvalue weighted by atomic mass is 19.4. The number of nitrogens with zero attached hydrogens (tertiary/aromatic N) is 1. The molecule has 2 N–H and O–H groups in total. The monoisotopic (exact) mass is 238 g/mol. The Morgan fingerprint density at radius 2 is 2.00 bits per heavy atom. The van der Waals surface area contributed by atoms with E-state index in [1.807, 2.05) is 0 Å². The topological polar surface area (TPSA) is 92.2 Å². The highest BCUT2D eigenvalue weighted by Crippen LogP contribution is 2.16. The minimum atomic E-state index is -4.76. The summed E-state index contributed by atoms with van der Waals surface area (Å²) in [6, 6.07) is 0.412. The van der Waals surface area contributed by atoms with Crippen molar-refractivity contribution in [1.82, 2.24) is 9.55 Å². The molecule has 0 bridgehead atoms. The number of halogens is 3. The van der Waals surface area contributed by atoms with Crippen LogP contribution in [0.3, 0.4) is 0 Å². The van der Waals surface area contributed by atoms with Crippen LogP contribution >= 0.6 is 0 Å². The quantitative estimate of drug-likeness (QED) is 0.746. The molecule has 9 heteroatoms. The van der Waals surface area contributed by atoms with Gasteiger partial charge in [0.2, 0.25) is 0 Å². The van der Waals surface area contributed by atoms with Crippen molar-refractivity contribution in [2.24, 2.45) is 0 Å². The Balaban J connectivity index is 3.42. The number of aromatic amines is 1. The van der Waals surface area contributed by atoms with Crippen LogP contribution in [0.5, 0.6) is 0 Å². The molecule has 0 fully saturated rings. The molecule has 0 aliphatic carbocycles. The highest BCUT2D eigenvalue weighted by molar-refractivity contribution is 5.85. The lowest BCUT2D eigenvalue weighted by atomic mass is 10.4. The molecule has 1 heterocycles. The fourth-order valence-corrected chi connectivity index (χ4v) is 1.03. The molecule has 1 aromatic rings. The molecule has 1 aromatic heterocycles. The van der Waals surface area contributed by atoms with Gasteiger partial charge in [-0.3, -0.25) is 14.3 Å². The van der Waals surface area contributed by atoms with Crippen molar-refractivity contribution in [2.45, 2.75) is 12.7 Å². The summed E-state index contributed by atoms with van der Waals surface area (Å²) in [6.07, 6.45) is -4.76. The first kappa shape index (κ1) is 12.0. The Morgan fingerprint density at radius 3 is 2.44 bits per heavy atom. The fourth-order valence-electron chi connectivity index (χ4n) is 1.03. The number of alkyl halides is 3. The second-order valence-electron chi connectivity index (χ2n) is 2.83. The van der Waals surface area contributed by atoms with Crippen LogP contribution in [0.1, 0.15) is 10.5 Å². The minimum absolute atomic E-state index is 0.0657. The zero-order valence-corrected chi connectivity index (χ0v) is 7.54. The van der Waals surface area contributed by atoms with Crippen LogP contribution in [-0.2, 0) is 6.54 Å². The third kappa shape index (κ3) is 2.72. The first-order chi connectivity index (χ1) is 7.20. The van der Waals surface area contributed by atoms with Gasteiger partial charge in [-0.2, -0.15) is 13.2 Å². The Kier molecular flexibility index (Phi) is 2.88. The summed E-state index contributed by atoms with van der Waals surface area (Å²) in [5.74, 6) is -1.78. The third-order valence-electron chi connectivity index (χ3n) is 1.59. The Hall–Kier alpha value is -2.06. The fraction of sp³-hybridized carbons (Fsp3) is 0.286. The molecular weight excluding hydrogens is 233 g/mol. The molecule has 0 saturated carbocycles. The molecule has 6 nitrogen and oxygen atoms in total. The smallest absolute Gasteiger partial charge is 0.406 e. The van der Waals surface area contributed by atoms with Gasteiger partial charge in [0.1, 0.15) is 12.2 Å². The zero-order valence-electron chi connectivity index (χ0n) is 7.54. The number of rotatable bonds is 2. The Labute approximate surface area is 85.0 Å². The number of H-pyrrole nitrogens is 1. The van der Waals surface area contributed by atoms with E-state index in [1.54, 1.807) is 4.98 Å². The van der Waals surface area contributed by atoms with Crippen LogP contribution in [0.2, 0.25) is 0 Å². The number of hydrogen-bond donors (Lipinski definition) is 2. The summed E-state index contributed by atoms with van der Waals surface area (Å²) in [5, 5.41) is 8.53. The average molecular weight is 238 g/mol. The van der Waals surface area contributed by atoms with Crippen molar-refractivity contribution in [3.8, 4) is 0 Å². The first-order valence-electron chi connectivity index (χ1n) is 3.85. The summed E-state index contributed by atoms with van der Waals surface area (Å²) in [7, 11) is 0. The standard InChI is InChI=1S/C7H5F3N2O4/c8-7(9,10)2-12-3(5(14)15)1-4(13)11-6(12)16/h1H,2H2,(H,14,15)(H,11,13,16). The van der Waals surface area contributed by atoms with Crippen LogP contribution in [0.4, 0.5) is 13.2 Å². The summed E-state index contributed by atoms with van der Waals surface area (Å²) in [4.78, 5) is 33.8. The van der Waals surface area contributed by atoms with E-state index in [2.05, 4.69) is 0 Å². The van der Waals surface area contributed by atoms with Gasteiger partial charge in [-0.25, -0.2) is 9.59 Å². The van der Waals surface area contributed by atoms with Gasteiger partial charge in [-0.1, -0.05) is 0 Å². The van der Waals surface area contributed by atoms with E-state index in [9.17, 15) is 27.6 Å². The number of carboxylic acids is 1. The number of carboxylic acid groups (broad SMARTS) is 1. The number of hydrogen-bond acceptors (Lipinski definition) is 3. The Bertz CT molecular complexity index is 528. The molecule has 1 rings (SSSR count). The van der Waals surface area contributed by atoms with Gasteiger partial charge in [0.25, 0.3) is 5.56 Å². The van der Waals surface area contributed by atoms with E-state index in [0.29, 0.717) is 6.07 Å². The van der Waals surface area contributed by atoms with Gasteiger partial charge < -0.3 is 5.11 Å². The van der Waals surface area contributed by atoms with Gasteiger partial charge in [0.15, 0.2) is 0 Å². The van der Waals surface area contributed by atoms with Gasteiger partial charge in [0, 0.05) is 6.07 Å². The van der Waals surface area contributed by atoms with Gasteiger partial charge >= 0.3 is 17.8 Å². The predicted octanol–water partition coefficient (Wildman–Crippen LogP) is -0.203. The summed E-state index contributed by atoms with van der Waals surface area (Å²) >= 11 is 0. The lowest BCUT2D eigenvalue weighted by Gasteiger charge is -2.10. The van der Waals surface area contributed by atoms with E-state index in [0.717, 1.165) is 0 Å². The maximum atomic E-state index is 12.0. The number of nitrogens with one attached hydrogen (secondary N) is 1. The van der Waals surface area contributed by atoms with Crippen LogP contribution in [0.25, 0.3) is 0 Å². The molecule has 0 saturated heterocycles. The molecule has 0 amide bonds. The first-order valence-corrected chi connectivity index (χ1v) is 3.85. The third-order valence-corrected chi connectivity index (χ3v) is 1.59. The van der Waals surface area contributed by atoms with Gasteiger partial charge in [0.05, 0.1) is 0 Å². The SMILES string of the molecule is O=C(O)c1cc(=O)[nH]c(=O)n1CC(F)(F)F. The van der Waals surface area contributed by atoms with E-state index < -0.39 is 35.6 Å². The zero-order chi connectivity index (χ0) is 12.5.